The van der Waals surface area contributed by atoms with E-state index in [4.69, 9.17) is 10.00 Å². The summed E-state index contributed by atoms with van der Waals surface area (Å²) in [4.78, 5) is 4.65. The number of fused-ring (bicyclic) bond motifs is 1. The van der Waals surface area contributed by atoms with E-state index in [9.17, 15) is 0 Å². The second-order valence-electron chi connectivity index (χ2n) is 4.93. The van der Waals surface area contributed by atoms with E-state index >= 15 is 0 Å². The molecule has 0 saturated heterocycles. The van der Waals surface area contributed by atoms with Crippen molar-refractivity contribution in [2.45, 2.75) is 6.42 Å². The number of imidazole rings is 1. The lowest BCUT2D eigenvalue weighted by Gasteiger charge is -2.04. The summed E-state index contributed by atoms with van der Waals surface area (Å²) < 4.78 is 7.21. The van der Waals surface area contributed by atoms with Gasteiger partial charge in [-0.25, -0.2) is 4.98 Å². The number of methoxy groups -OCH3 is 1. The first-order valence-electron chi connectivity index (χ1n) is 6.69. The van der Waals surface area contributed by atoms with Gasteiger partial charge in [0.1, 0.15) is 11.6 Å². The minimum absolute atomic E-state index is 0.654. The van der Waals surface area contributed by atoms with Crippen LogP contribution in [0.15, 0.2) is 42.5 Å². The van der Waals surface area contributed by atoms with Gasteiger partial charge in [0.2, 0.25) is 0 Å². The summed E-state index contributed by atoms with van der Waals surface area (Å²) in [5.41, 5.74) is 3.73. The molecule has 0 bridgehead atoms. The monoisotopic (exact) mass is 277 g/mol. The van der Waals surface area contributed by atoms with Crippen molar-refractivity contribution in [3.63, 3.8) is 0 Å². The molecule has 1 heterocycles. The second kappa shape index (κ2) is 5.29. The molecule has 0 aliphatic carbocycles. The highest BCUT2D eigenvalue weighted by Crippen LogP contribution is 2.20. The minimum Gasteiger partial charge on any atom is -0.497 e. The van der Waals surface area contributed by atoms with Gasteiger partial charge in [-0.05, 0) is 35.9 Å². The van der Waals surface area contributed by atoms with Gasteiger partial charge < -0.3 is 9.30 Å². The fourth-order valence-electron chi connectivity index (χ4n) is 2.39. The highest BCUT2D eigenvalue weighted by Gasteiger charge is 2.09. The lowest BCUT2D eigenvalue weighted by Crippen LogP contribution is -1.99. The van der Waals surface area contributed by atoms with Crippen molar-refractivity contribution in [2.75, 3.05) is 7.11 Å². The van der Waals surface area contributed by atoms with Crippen molar-refractivity contribution in [1.29, 1.82) is 5.26 Å². The van der Waals surface area contributed by atoms with Gasteiger partial charge >= 0.3 is 0 Å². The SMILES string of the molecule is COc1ccc(Cc2nc3ccc(C#N)cc3n2C)cc1. The molecular weight excluding hydrogens is 262 g/mol. The third-order valence-electron chi connectivity index (χ3n) is 3.62. The van der Waals surface area contributed by atoms with Crippen LogP contribution >= 0.6 is 0 Å². The maximum absolute atomic E-state index is 8.99. The number of rotatable bonds is 3. The Bertz CT molecular complexity index is 826. The van der Waals surface area contributed by atoms with Crippen LogP contribution in [-0.2, 0) is 13.5 Å². The van der Waals surface area contributed by atoms with E-state index < -0.39 is 0 Å². The quantitative estimate of drug-likeness (QED) is 0.739. The van der Waals surface area contributed by atoms with Crippen LogP contribution < -0.4 is 4.74 Å². The molecule has 0 saturated carbocycles. The molecule has 0 radical (unpaired) electrons. The second-order valence-corrected chi connectivity index (χ2v) is 4.93. The average molecular weight is 277 g/mol. The molecule has 2 aromatic carbocycles. The van der Waals surface area contributed by atoms with Crippen LogP contribution in [0.2, 0.25) is 0 Å². The lowest BCUT2D eigenvalue weighted by atomic mass is 10.1. The van der Waals surface area contributed by atoms with Crippen molar-refractivity contribution in [3.05, 3.63) is 59.4 Å². The summed E-state index contributed by atoms with van der Waals surface area (Å²) >= 11 is 0. The fourth-order valence-corrected chi connectivity index (χ4v) is 2.39. The molecule has 4 heteroatoms. The molecule has 0 aliphatic heterocycles. The molecule has 0 N–H and O–H groups in total. The van der Waals surface area contributed by atoms with Crippen molar-refractivity contribution < 1.29 is 4.74 Å². The molecule has 0 spiro atoms. The third kappa shape index (κ3) is 2.46. The van der Waals surface area contributed by atoms with Crippen LogP contribution in [0.4, 0.5) is 0 Å². The van der Waals surface area contributed by atoms with Gasteiger partial charge in [-0.2, -0.15) is 5.26 Å². The number of aromatic nitrogens is 2. The molecule has 0 amide bonds. The van der Waals surface area contributed by atoms with Gasteiger partial charge in [-0.1, -0.05) is 12.1 Å². The summed E-state index contributed by atoms with van der Waals surface area (Å²) in [5, 5.41) is 8.99. The normalized spacial score (nSPS) is 10.5. The number of aryl methyl sites for hydroxylation is 1. The van der Waals surface area contributed by atoms with E-state index in [0.717, 1.165) is 29.0 Å². The van der Waals surface area contributed by atoms with Gasteiger partial charge in [-0.3, -0.25) is 0 Å². The maximum atomic E-state index is 8.99. The zero-order valence-electron chi connectivity index (χ0n) is 12.0. The number of nitrogens with zero attached hydrogens (tertiary/aromatic N) is 3. The van der Waals surface area contributed by atoms with Crippen molar-refractivity contribution >= 4 is 11.0 Å². The molecule has 104 valence electrons. The predicted molar refractivity (Wildman–Crippen MR) is 81.2 cm³/mol. The van der Waals surface area contributed by atoms with Crippen LogP contribution in [0.25, 0.3) is 11.0 Å². The maximum Gasteiger partial charge on any atom is 0.118 e. The third-order valence-corrected chi connectivity index (χ3v) is 3.62. The highest BCUT2D eigenvalue weighted by atomic mass is 16.5. The zero-order valence-corrected chi connectivity index (χ0v) is 12.0. The molecule has 3 rings (SSSR count). The summed E-state index contributed by atoms with van der Waals surface area (Å²) in [6, 6.07) is 15.7. The summed E-state index contributed by atoms with van der Waals surface area (Å²) in [7, 11) is 3.64. The molecule has 4 nitrogen and oxygen atoms in total. The van der Waals surface area contributed by atoms with Crippen LogP contribution in [0.1, 0.15) is 17.0 Å². The van der Waals surface area contributed by atoms with E-state index in [0.29, 0.717) is 5.56 Å². The lowest BCUT2D eigenvalue weighted by molar-refractivity contribution is 0.414. The van der Waals surface area contributed by atoms with Crippen LogP contribution in [0, 0.1) is 11.3 Å². The summed E-state index contributed by atoms with van der Waals surface area (Å²) in [6.07, 6.45) is 0.747. The Hall–Kier alpha value is -2.80. The Morgan fingerprint density at radius 1 is 1.19 bits per heavy atom. The summed E-state index contributed by atoms with van der Waals surface area (Å²) in [5.74, 6) is 1.83. The number of nitriles is 1. The molecule has 21 heavy (non-hydrogen) atoms. The molecule has 0 fully saturated rings. The Balaban J connectivity index is 1.96. The van der Waals surface area contributed by atoms with E-state index in [2.05, 4.69) is 11.1 Å². The van der Waals surface area contributed by atoms with Crippen LogP contribution in [-0.4, -0.2) is 16.7 Å². The Kier molecular flexibility index (Phi) is 3.33. The Morgan fingerprint density at radius 3 is 2.62 bits per heavy atom. The van der Waals surface area contributed by atoms with Crippen molar-refractivity contribution in [3.8, 4) is 11.8 Å². The first-order valence-corrected chi connectivity index (χ1v) is 6.69. The van der Waals surface area contributed by atoms with Gasteiger partial charge in [-0.15, -0.1) is 0 Å². The Labute approximate surface area is 123 Å². The van der Waals surface area contributed by atoms with Crippen molar-refractivity contribution in [1.82, 2.24) is 9.55 Å². The standard InChI is InChI=1S/C17H15N3O/c1-20-16-9-13(11-18)5-8-15(16)19-17(20)10-12-3-6-14(21-2)7-4-12/h3-9H,10H2,1-2H3. The molecule has 3 aromatic rings. The van der Waals surface area contributed by atoms with Gasteiger partial charge in [0.15, 0.2) is 0 Å². The van der Waals surface area contributed by atoms with Gasteiger partial charge in [0, 0.05) is 13.5 Å². The molecule has 0 aliphatic rings. The summed E-state index contributed by atoms with van der Waals surface area (Å²) in [6.45, 7) is 0. The van der Waals surface area contributed by atoms with Crippen LogP contribution in [0.3, 0.4) is 0 Å². The van der Waals surface area contributed by atoms with E-state index in [-0.39, 0.29) is 0 Å². The first kappa shape index (κ1) is 13.2. The molecule has 0 atom stereocenters. The Morgan fingerprint density at radius 2 is 1.95 bits per heavy atom. The average Bonchev–Trinajstić information content (AvgIpc) is 2.84. The van der Waals surface area contributed by atoms with Crippen LogP contribution in [0.5, 0.6) is 5.75 Å². The smallest absolute Gasteiger partial charge is 0.118 e. The molecule has 0 unspecified atom stereocenters. The topological polar surface area (TPSA) is 50.8 Å². The van der Waals surface area contributed by atoms with E-state index in [1.54, 1.807) is 13.2 Å². The van der Waals surface area contributed by atoms with Crippen molar-refractivity contribution in [2.24, 2.45) is 7.05 Å². The van der Waals surface area contributed by atoms with Gasteiger partial charge in [0.05, 0.1) is 29.8 Å². The fraction of sp³-hybridized carbons (Fsp3) is 0.176. The minimum atomic E-state index is 0.654. The zero-order chi connectivity index (χ0) is 14.8. The first-order chi connectivity index (χ1) is 10.2. The number of hydrogen-bond donors (Lipinski definition) is 0. The van der Waals surface area contributed by atoms with E-state index in [1.165, 1.54) is 5.56 Å². The molecular formula is C17H15N3O. The highest BCUT2D eigenvalue weighted by molar-refractivity contribution is 5.77. The number of benzene rings is 2. The predicted octanol–water partition coefficient (Wildman–Crippen LogP) is 3.04. The largest absolute Gasteiger partial charge is 0.497 e. The molecule has 1 aromatic heterocycles. The van der Waals surface area contributed by atoms with E-state index in [1.807, 2.05) is 48.0 Å². The number of ether oxygens (including phenoxy) is 1. The van der Waals surface area contributed by atoms with Gasteiger partial charge in [0.25, 0.3) is 0 Å². The number of hydrogen-bond acceptors (Lipinski definition) is 3.